The molecule has 0 aromatic heterocycles. The van der Waals surface area contributed by atoms with Crippen LogP contribution < -0.4 is 16.8 Å². The lowest BCUT2D eigenvalue weighted by Gasteiger charge is -2.21. The molecule has 0 saturated heterocycles. The van der Waals surface area contributed by atoms with Crippen LogP contribution in [0.5, 0.6) is 0 Å². The van der Waals surface area contributed by atoms with Crippen LogP contribution in [0, 0.1) is 0 Å². The number of carbonyl (C=O) groups excluding carboxylic acids is 3. The van der Waals surface area contributed by atoms with Crippen LogP contribution in [0.15, 0.2) is 0 Å². The van der Waals surface area contributed by atoms with Crippen molar-refractivity contribution in [2.75, 3.05) is 52.7 Å². The molecule has 0 aliphatic rings. The number of ether oxygens (including phenoxy) is 4. The second-order valence-corrected chi connectivity index (χ2v) is 12.4. The van der Waals surface area contributed by atoms with Gasteiger partial charge in [0.05, 0.1) is 39.6 Å². The lowest BCUT2D eigenvalue weighted by atomic mass is 10.00. The van der Waals surface area contributed by atoms with Gasteiger partial charge in [-0.2, -0.15) is 0 Å². The van der Waals surface area contributed by atoms with Crippen molar-refractivity contribution in [3.8, 4) is 0 Å². The topological polar surface area (TPSA) is 264 Å². The zero-order valence-corrected chi connectivity index (χ0v) is 30.2. The van der Waals surface area contributed by atoms with Gasteiger partial charge in [0.15, 0.2) is 11.9 Å². The summed E-state index contributed by atoms with van der Waals surface area (Å²) in [7, 11) is 0. The highest BCUT2D eigenvalue weighted by Crippen LogP contribution is 2.15. The van der Waals surface area contributed by atoms with Gasteiger partial charge in [0, 0.05) is 32.4 Å². The number of hydrogen-bond donors (Lipinski definition) is 6. The SMILES string of the molecule is NCCOCCOC(C(=O)O)C(=O)C(OCCOCCN)C(=O)CC[C@H](NC(=O)CCCCCCCCCCCCCCCCC(=O)O)C(=O)O. The molecular weight excluding hydrogens is 670 g/mol. The molecule has 8 N–H and O–H groups in total. The summed E-state index contributed by atoms with van der Waals surface area (Å²) in [5, 5.41) is 30.3. The average molecular weight is 734 g/mol. The van der Waals surface area contributed by atoms with Crippen molar-refractivity contribution in [3.05, 3.63) is 0 Å². The first-order valence-corrected chi connectivity index (χ1v) is 18.4. The van der Waals surface area contributed by atoms with Gasteiger partial charge in [0.2, 0.25) is 17.8 Å². The quantitative estimate of drug-likeness (QED) is 0.0393. The van der Waals surface area contributed by atoms with Crippen LogP contribution in [-0.4, -0.2) is 122 Å². The third kappa shape index (κ3) is 27.3. The minimum Gasteiger partial charge on any atom is -0.481 e. The lowest BCUT2D eigenvalue weighted by Crippen LogP contribution is -2.46. The van der Waals surface area contributed by atoms with Gasteiger partial charge in [-0.25, -0.2) is 9.59 Å². The number of carboxylic acid groups (broad SMARTS) is 3. The maximum Gasteiger partial charge on any atom is 0.340 e. The second-order valence-electron chi connectivity index (χ2n) is 12.4. The van der Waals surface area contributed by atoms with Gasteiger partial charge < -0.3 is 51.1 Å². The van der Waals surface area contributed by atoms with Crippen LogP contribution in [-0.2, 0) is 47.7 Å². The largest absolute Gasteiger partial charge is 0.481 e. The minimum absolute atomic E-state index is 0.0332. The van der Waals surface area contributed by atoms with Crippen molar-refractivity contribution in [2.24, 2.45) is 11.5 Å². The molecule has 296 valence electrons. The number of carboxylic acids is 3. The van der Waals surface area contributed by atoms with Crippen LogP contribution in [0.3, 0.4) is 0 Å². The smallest absolute Gasteiger partial charge is 0.340 e. The van der Waals surface area contributed by atoms with Crippen LogP contribution in [0.4, 0.5) is 0 Å². The van der Waals surface area contributed by atoms with Crippen LogP contribution in [0.2, 0.25) is 0 Å². The van der Waals surface area contributed by atoms with Crippen molar-refractivity contribution in [1.29, 1.82) is 0 Å². The third-order valence-electron chi connectivity index (χ3n) is 7.94. The molecule has 0 fully saturated rings. The van der Waals surface area contributed by atoms with E-state index in [1.165, 1.54) is 25.7 Å². The van der Waals surface area contributed by atoms with E-state index in [0.717, 1.165) is 57.8 Å². The molecule has 0 aromatic carbocycles. The van der Waals surface area contributed by atoms with E-state index in [1.807, 2.05) is 0 Å². The Labute approximate surface area is 301 Å². The molecule has 0 bridgehead atoms. The summed E-state index contributed by atoms with van der Waals surface area (Å²) in [6.45, 7) is 0.285. The molecule has 0 aromatic rings. The lowest BCUT2D eigenvalue weighted by molar-refractivity contribution is -0.164. The van der Waals surface area contributed by atoms with Gasteiger partial charge >= 0.3 is 17.9 Å². The number of nitrogens with one attached hydrogen (secondary N) is 1. The van der Waals surface area contributed by atoms with E-state index in [2.05, 4.69) is 5.32 Å². The highest BCUT2D eigenvalue weighted by molar-refractivity contribution is 6.14. The molecule has 1 amide bonds. The van der Waals surface area contributed by atoms with E-state index in [-0.39, 0.29) is 72.0 Å². The number of nitrogens with two attached hydrogens (primary N) is 2. The third-order valence-corrected chi connectivity index (χ3v) is 7.94. The first-order chi connectivity index (χ1) is 24.5. The van der Waals surface area contributed by atoms with Gasteiger partial charge in [-0.05, 0) is 19.3 Å². The summed E-state index contributed by atoms with van der Waals surface area (Å²) in [6, 6.07) is -1.40. The Kier molecular flexibility index (Phi) is 30.9. The molecular formula is C35H63N3O13. The van der Waals surface area contributed by atoms with Gasteiger partial charge in [0.1, 0.15) is 6.04 Å². The number of ketones is 2. The Bertz CT molecular complexity index is 983. The van der Waals surface area contributed by atoms with E-state index in [9.17, 15) is 39.0 Å². The van der Waals surface area contributed by atoms with Gasteiger partial charge in [-0.15, -0.1) is 0 Å². The molecule has 0 saturated carbocycles. The highest BCUT2D eigenvalue weighted by atomic mass is 16.6. The molecule has 0 radical (unpaired) electrons. The zero-order chi connectivity index (χ0) is 38.1. The normalized spacial score (nSPS) is 13.0. The highest BCUT2D eigenvalue weighted by Gasteiger charge is 2.38. The summed E-state index contributed by atoms with van der Waals surface area (Å²) >= 11 is 0. The van der Waals surface area contributed by atoms with E-state index in [4.69, 9.17) is 35.5 Å². The fourth-order valence-corrected chi connectivity index (χ4v) is 5.19. The fraction of sp³-hybridized carbons (Fsp3) is 0.829. The Morgan fingerprint density at radius 3 is 1.35 bits per heavy atom. The van der Waals surface area contributed by atoms with Gasteiger partial charge in [0.25, 0.3) is 0 Å². The number of unbranched alkanes of at least 4 members (excludes halogenated alkanes) is 13. The molecule has 0 spiro atoms. The van der Waals surface area contributed by atoms with Crippen molar-refractivity contribution in [3.63, 3.8) is 0 Å². The van der Waals surface area contributed by atoms with Crippen molar-refractivity contribution < 1.29 is 63.0 Å². The molecule has 0 heterocycles. The molecule has 51 heavy (non-hydrogen) atoms. The summed E-state index contributed by atoms with van der Waals surface area (Å²) in [5.74, 6) is -6.21. The summed E-state index contributed by atoms with van der Waals surface area (Å²) in [4.78, 5) is 72.8. The monoisotopic (exact) mass is 733 g/mol. The summed E-state index contributed by atoms with van der Waals surface area (Å²) in [6.07, 6.45) is 10.1. The molecule has 0 rings (SSSR count). The average Bonchev–Trinajstić information content (AvgIpc) is 3.08. The maximum atomic E-state index is 13.1. The number of hydrogen-bond acceptors (Lipinski definition) is 12. The second kappa shape index (κ2) is 32.9. The summed E-state index contributed by atoms with van der Waals surface area (Å²) < 4.78 is 20.9. The van der Waals surface area contributed by atoms with Gasteiger partial charge in [-0.1, -0.05) is 77.0 Å². The van der Waals surface area contributed by atoms with E-state index >= 15 is 0 Å². The number of rotatable bonds is 38. The standard InChI is InChI=1S/C35H63N3O13/c36-19-21-48-23-25-50-32(31(43)33(35(46)47)51-26-24-49-22-20-37)28(39)18-17-27(34(44)45)38-29(40)15-13-11-9-7-5-3-1-2-4-6-8-10-12-14-16-30(41)42/h27,32-33H,1-26,36-37H2,(H,38,40)(H,41,42)(H,44,45)(H,46,47)/t27-,32?,33?/m0/s1. The molecule has 16 heteroatoms. The van der Waals surface area contributed by atoms with Crippen LogP contribution in [0.25, 0.3) is 0 Å². The Morgan fingerprint density at radius 2 is 0.941 bits per heavy atom. The number of Topliss-reactive ketones (excluding diaryl/α,β-unsaturated/α-hetero) is 2. The zero-order valence-electron chi connectivity index (χ0n) is 30.2. The van der Waals surface area contributed by atoms with E-state index < -0.39 is 60.1 Å². The van der Waals surface area contributed by atoms with E-state index in [1.54, 1.807) is 0 Å². The van der Waals surface area contributed by atoms with E-state index in [0.29, 0.717) is 6.42 Å². The summed E-state index contributed by atoms with van der Waals surface area (Å²) in [5.41, 5.74) is 10.7. The number of carbonyl (C=O) groups is 6. The molecule has 0 aliphatic carbocycles. The molecule has 16 nitrogen and oxygen atoms in total. The first kappa shape index (κ1) is 48.0. The predicted molar refractivity (Wildman–Crippen MR) is 187 cm³/mol. The molecule has 2 unspecified atom stereocenters. The van der Waals surface area contributed by atoms with Crippen molar-refractivity contribution in [1.82, 2.24) is 5.32 Å². The molecule has 0 aliphatic heterocycles. The van der Waals surface area contributed by atoms with Crippen molar-refractivity contribution in [2.45, 2.75) is 134 Å². The Morgan fingerprint density at radius 1 is 0.510 bits per heavy atom. The Hall–Kier alpha value is -3.02. The molecule has 3 atom stereocenters. The Balaban J connectivity index is 4.58. The predicted octanol–water partition coefficient (Wildman–Crippen LogP) is 2.61. The maximum absolute atomic E-state index is 13.1. The minimum atomic E-state index is -2.04. The fourth-order valence-electron chi connectivity index (χ4n) is 5.19. The van der Waals surface area contributed by atoms with Crippen LogP contribution in [0.1, 0.15) is 116 Å². The van der Waals surface area contributed by atoms with Crippen molar-refractivity contribution >= 4 is 35.4 Å². The van der Waals surface area contributed by atoms with Crippen LogP contribution >= 0.6 is 0 Å². The number of aliphatic carboxylic acids is 3. The first-order valence-electron chi connectivity index (χ1n) is 18.4. The van der Waals surface area contributed by atoms with Gasteiger partial charge in [-0.3, -0.25) is 19.2 Å². The number of amides is 1.